The van der Waals surface area contributed by atoms with Gasteiger partial charge in [0.05, 0.1) is 10.4 Å². The Bertz CT molecular complexity index is 207. The molecule has 0 N–H and O–H groups in total. The van der Waals surface area contributed by atoms with E-state index in [1.807, 2.05) is 18.4 Å². The molecule has 0 bridgehead atoms. The van der Waals surface area contributed by atoms with E-state index in [9.17, 15) is 0 Å². The average Bonchev–Trinajstić information content (AvgIpc) is 2.34. The van der Waals surface area contributed by atoms with E-state index >= 15 is 0 Å². The highest BCUT2D eigenvalue weighted by atomic mass is 35.5. The number of alkyl halides is 1. The molecular weight excluding hydrogens is 187 g/mol. The van der Waals surface area contributed by atoms with Gasteiger partial charge in [-0.1, -0.05) is 18.5 Å². The van der Waals surface area contributed by atoms with Gasteiger partial charge in [-0.05, 0) is 17.9 Å². The Balaban J connectivity index is 2.82. The molecule has 56 valence electrons. The topological polar surface area (TPSA) is 0 Å². The average molecular weight is 195 g/mol. The van der Waals surface area contributed by atoms with Crippen LogP contribution >= 0.6 is 34.5 Å². The molecule has 3 heteroatoms. The maximum Gasteiger partial charge on any atom is 0.0690 e. The summed E-state index contributed by atoms with van der Waals surface area (Å²) in [5.74, 6) is 0. The SMILES string of the molecule is CCC(Cl)c1sccc1Cl. The first-order valence-electron chi connectivity index (χ1n) is 3.12. The molecule has 1 heterocycles. The van der Waals surface area contributed by atoms with Crippen molar-refractivity contribution in [2.24, 2.45) is 0 Å². The normalized spacial score (nSPS) is 13.5. The molecule has 0 spiro atoms. The van der Waals surface area contributed by atoms with E-state index in [-0.39, 0.29) is 5.38 Å². The zero-order valence-electron chi connectivity index (χ0n) is 5.60. The van der Waals surface area contributed by atoms with Crippen LogP contribution in [-0.4, -0.2) is 0 Å². The molecule has 0 aliphatic heterocycles. The highest BCUT2D eigenvalue weighted by molar-refractivity contribution is 7.10. The van der Waals surface area contributed by atoms with Crippen molar-refractivity contribution in [2.45, 2.75) is 18.7 Å². The van der Waals surface area contributed by atoms with E-state index in [1.165, 1.54) is 0 Å². The van der Waals surface area contributed by atoms with Crippen LogP contribution in [0.1, 0.15) is 23.6 Å². The molecule has 1 aromatic heterocycles. The molecule has 0 radical (unpaired) electrons. The second-order valence-electron chi connectivity index (χ2n) is 2.01. The maximum atomic E-state index is 5.96. The lowest BCUT2D eigenvalue weighted by atomic mass is 10.3. The number of rotatable bonds is 2. The van der Waals surface area contributed by atoms with E-state index in [2.05, 4.69) is 0 Å². The van der Waals surface area contributed by atoms with Gasteiger partial charge >= 0.3 is 0 Å². The summed E-state index contributed by atoms with van der Waals surface area (Å²) in [6.07, 6.45) is 0.932. The molecule has 10 heavy (non-hydrogen) atoms. The quantitative estimate of drug-likeness (QED) is 0.623. The molecule has 0 amide bonds. The first-order chi connectivity index (χ1) is 4.75. The zero-order valence-corrected chi connectivity index (χ0v) is 7.93. The largest absolute Gasteiger partial charge is 0.146 e. The Kier molecular flexibility index (Phi) is 3.02. The lowest BCUT2D eigenvalue weighted by molar-refractivity contribution is 0.902. The van der Waals surface area contributed by atoms with Crippen LogP contribution in [0.4, 0.5) is 0 Å². The third kappa shape index (κ3) is 1.66. The Hall–Kier alpha value is 0.280. The fourth-order valence-corrected chi connectivity index (χ4v) is 2.29. The molecule has 0 saturated heterocycles. The van der Waals surface area contributed by atoms with Crippen molar-refractivity contribution in [1.29, 1.82) is 0 Å². The van der Waals surface area contributed by atoms with E-state index in [0.717, 1.165) is 16.3 Å². The van der Waals surface area contributed by atoms with Gasteiger partial charge in [-0.15, -0.1) is 22.9 Å². The van der Waals surface area contributed by atoms with E-state index in [4.69, 9.17) is 23.2 Å². The highest BCUT2D eigenvalue weighted by Crippen LogP contribution is 2.34. The molecule has 1 aromatic rings. The molecule has 0 aliphatic rings. The van der Waals surface area contributed by atoms with Crippen molar-refractivity contribution < 1.29 is 0 Å². The minimum absolute atomic E-state index is 0.0903. The third-order valence-corrected chi connectivity index (χ3v) is 3.42. The number of thiophene rings is 1. The number of hydrogen-bond donors (Lipinski definition) is 0. The molecule has 0 fully saturated rings. The van der Waals surface area contributed by atoms with Gasteiger partial charge in [0, 0.05) is 4.88 Å². The molecule has 0 aliphatic carbocycles. The van der Waals surface area contributed by atoms with Crippen LogP contribution in [0, 0.1) is 0 Å². The zero-order chi connectivity index (χ0) is 7.56. The van der Waals surface area contributed by atoms with Crippen LogP contribution in [-0.2, 0) is 0 Å². The predicted molar refractivity (Wildman–Crippen MR) is 48.2 cm³/mol. The van der Waals surface area contributed by atoms with Crippen LogP contribution in [0.5, 0.6) is 0 Å². The first-order valence-corrected chi connectivity index (χ1v) is 4.82. The molecule has 1 atom stereocenters. The summed E-state index contributed by atoms with van der Waals surface area (Å²) < 4.78 is 0. The predicted octanol–water partition coefficient (Wildman–Crippen LogP) is 4.09. The highest BCUT2D eigenvalue weighted by Gasteiger charge is 2.09. The molecule has 0 aromatic carbocycles. The van der Waals surface area contributed by atoms with E-state index in [1.54, 1.807) is 11.3 Å². The summed E-state index contributed by atoms with van der Waals surface area (Å²) >= 11 is 13.4. The minimum Gasteiger partial charge on any atom is -0.146 e. The first kappa shape index (κ1) is 8.38. The van der Waals surface area contributed by atoms with Gasteiger partial charge < -0.3 is 0 Å². The monoisotopic (exact) mass is 194 g/mol. The van der Waals surface area contributed by atoms with E-state index in [0.29, 0.717) is 0 Å². The van der Waals surface area contributed by atoms with E-state index < -0.39 is 0 Å². The lowest BCUT2D eigenvalue weighted by Crippen LogP contribution is -1.82. The lowest BCUT2D eigenvalue weighted by Gasteiger charge is -2.01. The van der Waals surface area contributed by atoms with Gasteiger partial charge in [0.25, 0.3) is 0 Å². The van der Waals surface area contributed by atoms with Crippen molar-refractivity contribution in [3.05, 3.63) is 21.3 Å². The molecular formula is C7H8Cl2S. The number of halogens is 2. The van der Waals surface area contributed by atoms with Crippen LogP contribution < -0.4 is 0 Å². The Morgan fingerprint density at radius 3 is 2.80 bits per heavy atom. The standard InChI is InChI=1S/C7H8Cl2S/c1-2-5(8)7-6(9)3-4-10-7/h3-5H,2H2,1H3. The summed E-state index contributed by atoms with van der Waals surface area (Å²) in [5, 5.41) is 2.85. The van der Waals surface area contributed by atoms with Crippen LogP contribution in [0.15, 0.2) is 11.4 Å². The van der Waals surface area contributed by atoms with Crippen molar-refractivity contribution in [3.8, 4) is 0 Å². The van der Waals surface area contributed by atoms with Crippen LogP contribution in [0.2, 0.25) is 5.02 Å². The molecule has 0 saturated carbocycles. The Morgan fingerprint density at radius 1 is 1.70 bits per heavy atom. The van der Waals surface area contributed by atoms with Crippen molar-refractivity contribution in [2.75, 3.05) is 0 Å². The molecule has 1 unspecified atom stereocenters. The van der Waals surface area contributed by atoms with Gasteiger partial charge in [-0.25, -0.2) is 0 Å². The number of hydrogen-bond acceptors (Lipinski definition) is 1. The Labute approximate surface area is 74.8 Å². The van der Waals surface area contributed by atoms with Gasteiger partial charge in [0.15, 0.2) is 0 Å². The van der Waals surface area contributed by atoms with Crippen LogP contribution in [0.3, 0.4) is 0 Å². The Morgan fingerprint density at radius 2 is 2.40 bits per heavy atom. The van der Waals surface area contributed by atoms with Crippen molar-refractivity contribution >= 4 is 34.5 Å². The minimum atomic E-state index is 0.0903. The summed E-state index contributed by atoms with van der Waals surface area (Å²) in [6.45, 7) is 2.05. The second-order valence-corrected chi connectivity index (χ2v) is 3.89. The van der Waals surface area contributed by atoms with Gasteiger partial charge in [0.2, 0.25) is 0 Å². The van der Waals surface area contributed by atoms with Crippen LogP contribution in [0.25, 0.3) is 0 Å². The van der Waals surface area contributed by atoms with Crippen molar-refractivity contribution in [3.63, 3.8) is 0 Å². The van der Waals surface area contributed by atoms with Gasteiger partial charge in [0.1, 0.15) is 0 Å². The van der Waals surface area contributed by atoms with Gasteiger partial charge in [-0.3, -0.25) is 0 Å². The maximum absolute atomic E-state index is 5.96. The summed E-state index contributed by atoms with van der Waals surface area (Å²) in [4.78, 5) is 1.09. The smallest absolute Gasteiger partial charge is 0.0690 e. The summed E-state index contributed by atoms with van der Waals surface area (Å²) in [6, 6.07) is 1.88. The fourth-order valence-electron chi connectivity index (χ4n) is 0.714. The molecule has 0 nitrogen and oxygen atoms in total. The third-order valence-electron chi connectivity index (χ3n) is 1.29. The summed E-state index contributed by atoms with van der Waals surface area (Å²) in [5.41, 5.74) is 0. The van der Waals surface area contributed by atoms with Gasteiger partial charge in [-0.2, -0.15) is 0 Å². The second kappa shape index (κ2) is 3.61. The van der Waals surface area contributed by atoms with Crippen molar-refractivity contribution in [1.82, 2.24) is 0 Å². The fraction of sp³-hybridized carbons (Fsp3) is 0.429. The summed E-state index contributed by atoms with van der Waals surface area (Å²) in [7, 11) is 0. The molecule has 1 rings (SSSR count).